The molecule has 0 spiro atoms. The molecule has 0 bridgehead atoms. The molecule has 0 amide bonds. The van der Waals surface area contributed by atoms with Crippen molar-refractivity contribution in [3.8, 4) is 0 Å². The summed E-state index contributed by atoms with van der Waals surface area (Å²) < 4.78 is 10.6. The average Bonchev–Trinajstić information content (AvgIpc) is 3.54. The molecule has 0 N–H and O–H groups in total. The second-order valence-electron chi connectivity index (χ2n) is 10.6. The molecule has 200 valence electrons. The van der Waals surface area contributed by atoms with Gasteiger partial charge in [-0.2, -0.15) is 0 Å². The van der Waals surface area contributed by atoms with Crippen LogP contribution in [0.15, 0.2) is 145 Å². The van der Waals surface area contributed by atoms with E-state index in [9.17, 15) is 0 Å². The Balaban J connectivity index is 1.20. The Labute approximate surface area is 248 Å². The van der Waals surface area contributed by atoms with Crippen LogP contribution >= 0.6 is 15.9 Å². The van der Waals surface area contributed by atoms with E-state index in [4.69, 9.17) is 0 Å². The normalized spacial score (nSPS) is 11.4. The molecule has 0 aliphatic rings. The summed E-state index contributed by atoms with van der Waals surface area (Å²) in [6, 6.07) is 45.3. The van der Waals surface area contributed by atoms with E-state index >= 15 is 0 Å². The smallest absolute Gasteiger partial charge is 0.226 e. The fourth-order valence-electron chi connectivity index (χ4n) is 5.79. The van der Waals surface area contributed by atoms with Crippen molar-refractivity contribution in [3.05, 3.63) is 167 Å². The summed E-state index contributed by atoms with van der Waals surface area (Å²) in [5.74, 6) is 0. The number of benzene rings is 5. The Hall–Kier alpha value is -4.48. The Morgan fingerprint density at radius 1 is 0.463 bits per heavy atom. The maximum Gasteiger partial charge on any atom is 0.245 e. The number of hydrogen-bond donors (Lipinski definition) is 0. The molecule has 0 fully saturated rings. The fraction of sp³-hybridized carbons (Fsp3) is 0.111. The van der Waals surface area contributed by atoms with Crippen LogP contribution in [0, 0.1) is 0 Å². The molecule has 0 saturated heterocycles. The zero-order valence-electron chi connectivity index (χ0n) is 22.8. The van der Waals surface area contributed by atoms with Crippen LogP contribution in [0.25, 0.3) is 22.1 Å². The van der Waals surface area contributed by atoms with Gasteiger partial charge < -0.3 is 0 Å². The van der Waals surface area contributed by atoms with Crippen LogP contribution in [0.5, 0.6) is 0 Å². The van der Waals surface area contributed by atoms with Gasteiger partial charge in [0, 0.05) is 15.6 Å². The van der Waals surface area contributed by atoms with Gasteiger partial charge in [-0.05, 0) is 51.3 Å². The molecule has 4 nitrogen and oxygen atoms in total. The van der Waals surface area contributed by atoms with Crippen LogP contribution < -0.4 is 9.13 Å². The highest BCUT2D eigenvalue weighted by Gasteiger charge is 2.20. The molecule has 0 aliphatic heterocycles. The van der Waals surface area contributed by atoms with Crippen LogP contribution in [0.2, 0.25) is 0 Å². The molecule has 41 heavy (non-hydrogen) atoms. The Kier molecular flexibility index (Phi) is 6.95. The van der Waals surface area contributed by atoms with Gasteiger partial charge in [0.05, 0.1) is 0 Å². The van der Waals surface area contributed by atoms with E-state index in [1.807, 2.05) is 0 Å². The van der Waals surface area contributed by atoms with Crippen LogP contribution in [-0.4, -0.2) is 9.13 Å². The molecule has 0 atom stereocenters. The monoisotopic (exact) mass is 598 g/mol. The maximum atomic E-state index is 4.01. The van der Waals surface area contributed by atoms with Gasteiger partial charge in [0.2, 0.25) is 12.7 Å². The minimum Gasteiger partial charge on any atom is -0.226 e. The summed E-state index contributed by atoms with van der Waals surface area (Å²) in [7, 11) is 0. The van der Waals surface area contributed by atoms with Crippen molar-refractivity contribution in [1.82, 2.24) is 9.13 Å². The summed E-state index contributed by atoms with van der Waals surface area (Å²) in [5.41, 5.74) is 10.1. The molecule has 2 aromatic heterocycles. The van der Waals surface area contributed by atoms with Crippen LogP contribution in [-0.2, 0) is 26.2 Å². The highest BCUT2D eigenvalue weighted by molar-refractivity contribution is 9.10. The van der Waals surface area contributed by atoms with Gasteiger partial charge in [-0.25, -0.2) is 18.3 Å². The third-order valence-electron chi connectivity index (χ3n) is 7.79. The van der Waals surface area contributed by atoms with Crippen LogP contribution in [0.3, 0.4) is 0 Å². The van der Waals surface area contributed by atoms with Crippen molar-refractivity contribution >= 4 is 38.0 Å². The van der Waals surface area contributed by atoms with E-state index in [0.29, 0.717) is 0 Å². The molecule has 0 aliphatic carbocycles. The SMILES string of the molecule is Brc1c(Cn2c[n+](Cc3ccccc3)c3ccccc32)cccc1Cn1c[n+](Cc2ccccc2)c2ccccc21. The van der Waals surface area contributed by atoms with Crippen molar-refractivity contribution in [2.24, 2.45) is 0 Å². The highest BCUT2D eigenvalue weighted by Crippen LogP contribution is 2.26. The van der Waals surface area contributed by atoms with Gasteiger partial charge in [-0.3, -0.25) is 0 Å². The highest BCUT2D eigenvalue weighted by atomic mass is 79.9. The standard InChI is InChI=1S/C36H31BrN4/c37-36-30(24-40-26-38(22-28-12-3-1-4-13-28)32-18-7-9-20-34(32)40)16-11-17-31(36)25-41-27-39(23-29-14-5-2-6-15-29)33-19-8-10-21-35(33)41/h1-21,26-27H,22-25H2/q+2. The first kappa shape index (κ1) is 25.5. The lowest BCUT2D eigenvalue weighted by Gasteiger charge is -2.08. The number of para-hydroxylation sites is 4. The molecule has 2 heterocycles. The molecule has 7 rings (SSSR count). The predicted octanol–water partition coefficient (Wildman–Crippen LogP) is 7.13. The number of rotatable bonds is 8. The molecular weight excluding hydrogens is 568 g/mol. The number of imidazole rings is 2. The lowest BCUT2D eigenvalue weighted by atomic mass is 10.1. The first-order valence-corrected chi connectivity index (χ1v) is 14.8. The van der Waals surface area contributed by atoms with Gasteiger partial charge in [0.15, 0.2) is 22.1 Å². The summed E-state index contributed by atoms with van der Waals surface area (Å²) in [5, 5.41) is 0. The zero-order valence-corrected chi connectivity index (χ0v) is 24.4. The van der Waals surface area contributed by atoms with E-state index in [0.717, 1.165) is 26.2 Å². The summed E-state index contributed by atoms with van der Waals surface area (Å²) >= 11 is 4.01. The quantitative estimate of drug-likeness (QED) is 0.166. The molecule has 7 aromatic rings. The second kappa shape index (κ2) is 11.2. The van der Waals surface area contributed by atoms with Crippen molar-refractivity contribution in [1.29, 1.82) is 0 Å². The summed E-state index contributed by atoms with van der Waals surface area (Å²) in [6.07, 6.45) is 4.51. The fourth-order valence-corrected chi connectivity index (χ4v) is 6.31. The zero-order chi connectivity index (χ0) is 27.6. The van der Waals surface area contributed by atoms with Gasteiger partial charge in [0.1, 0.15) is 26.2 Å². The topological polar surface area (TPSA) is 17.6 Å². The largest absolute Gasteiger partial charge is 0.245 e. The molecule has 5 aromatic carbocycles. The van der Waals surface area contributed by atoms with Crippen LogP contribution in [0.4, 0.5) is 0 Å². The number of nitrogens with zero attached hydrogens (tertiary/aromatic N) is 4. The number of aromatic nitrogens is 4. The van der Waals surface area contributed by atoms with E-state index in [-0.39, 0.29) is 0 Å². The molecule has 0 radical (unpaired) electrons. The molecule has 0 unspecified atom stereocenters. The maximum absolute atomic E-state index is 4.01. The van der Waals surface area contributed by atoms with Gasteiger partial charge >= 0.3 is 0 Å². The van der Waals surface area contributed by atoms with Crippen LogP contribution in [0.1, 0.15) is 22.3 Å². The predicted molar refractivity (Wildman–Crippen MR) is 168 cm³/mol. The number of fused-ring (bicyclic) bond motifs is 2. The van der Waals surface area contributed by atoms with Crippen molar-refractivity contribution in [2.45, 2.75) is 26.2 Å². The first-order valence-electron chi connectivity index (χ1n) is 14.0. The van der Waals surface area contributed by atoms with Gasteiger partial charge in [-0.15, -0.1) is 0 Å². The lowest BCUT2D eigenvalue weighted by Crippen LogP contribution is -2.32. The Morgan fingerprint density at radius 3 is 1.34 bits per heavy atom. The van der Waals surface area contributed by atoms with E-state index in [1.54, 1.807) is 0 Å². The minimum atomic E-state index is 0.789. The number of hydrogen-bond acceptors (Lipinski definition) is 0. The molecule has 5 heteroatoms. The average molecular weight is 600 g/mol. The summed E-state index contributed by atoms with van der Waals surface area (Å²) in [4.78, 5) is 0. The minimum absolute atomic E-state index is 0.789. The Bertz CT molecular complexity index is 1820. The molecular formula is C36H31BrN4+2. The Morgan fingerprint density at radius 2 is 0.878 bits per heavy atom. The first-order chi connectivity index (χ1) is 20.2. The van der Waals surface area contributed by atoms with Gasteiger partial charge in [-0.1, -0.05) is 103 Å². The van der Waals surface area contributed by atoms with Gasteiger partial charge in [0.25, 0.3) is 0 Å². The third kappa shape index (κ3) is 5.21. The third-order valence-corrected chi connectivity index (χ3v) is 8.81. The van der Waals surface area contributed by atoms with E-state index in [1.165, 1.54) is 48.8 Å². The second-order valence-corrected chi connectivity index (χ2v) is 11.4. The summed E-state index contributed by atoms with van der Waals surface area (Å²) in [6.45, 7) is 3.27. The lowest BCUT2D eigenvalue weighted by molar-refractivity contribution is -0.663. The molecule has 0 saturated carbocycles. The van der Waals surface area contributed by atoms with Crippen molar-refractivity contribution in [2.75, 3.05) is 0 Å². The van der Waals surface area contributed by atoms with E-state index < -0.39 is 0 Å². The van der Waals surface area contributed by atoms with E-state index in [2.05, 4.69) is 174 Å². The number of halogens is 1. The van der Waals surface area contributed by atoms with Crippen molar-refractivity contribution < 1.29 is 9.13 Å². The van der Waals surface area contributed by atoms with Crippen molar-refractivity contribution in [3.63, 3.8) is 0 Å².